The van der Waals surface area contributed by atoms with E-state index in [4.69, 9.17) is 15.3 Å². The second kappa shape index (κ2) is 4.09. The Balaban J connectivity index is 2.65. The van der Waals surface area contributed by atoms with Crippen LogP contribution in [0.5, 0.6) is 0 Å². The molecular formula is C9H13NO3. The van der Waals surface area contributed by atoms with Gasteiger partial charge < -0.3 is 15.3 Å². The van der Waals surface area contributed by atoms with E-state index < -0.39 is 12.0 Å². The summed E-state index contributed by atoms with van der Waals surface area (Å²) in [5.41, 5.74) is 5.59. The van der Waals surface area contributed by atoms with E-state index in [1.165, 1.54) is 0 Å². The molecule has 0 aliphatic carbocycles. The zero-order valence-electron chi connectivity index (χ0n) is 7.49. The molecule has 1 atom stereocenters. The van der Waals surface area contributed by atoms with Crippen LogP contribution in [-0.2, 0) is 11.2 Å². The minimum Gasteiger partial charge on any atom is -0.481 e. The van der Waals surface area contributed by atoms with Crippen molar-refractivity contribution in [1.29, 1.82) is 0 Å². The number of nitrogens with two attached hydrogens (primary N) is 1. The van der Waals surface area contributed by atoms with Crippen LogP contribution in [-0.4, -0.2) is 11.1 Å². The Morgan fingerprint density at radius 2 is 2.38 bits per heavy atom. The highest BCUT2D eigenvalue weighted by Crippen LogP contribution is 2.17. The fraction of sp³-hybridized carbons (Fsp3) is 0.444. The highest BCUT2D eigenvalue weighted by molar-refractivity contribution is 5.67. The topological polar surface area (TPSA) is 76.5 Å². The number of aliphatic carboxylic acids is 1. The minimum absolute atomic E-state index is 0.101. The SMILES string of the molecule is CCc1ccc(C(N)CC(=O)O)o1. The normalized spacial score (nSPS) is 12.8. The summed E-state index contributed by atoms with van der Waals surface area (Å²) in [5, 5.41) is 8.49. The molecule has 0 bridgehead atoms. The Bertz CT molecular complexity index is 293. The van der Waals surface area contributed by atoms with Crippen LogP contribution in [0.15, 0.2) is 16.5 Å². The van der Waals surface area contributed by atoms with Gasteiger partial charge in [-0.3, -0.25) is 4.79 Å². The Hall–Kier alpha value is -1.29. The maximum absolute atomic E-state index is 10.3. The molecule has 1 unspecified atom stereocenters. The lowest BCUT2D eigenvalue weighted by atomic mass is 10.2. The van der Waals surface area contributed by atoms with Crippen LogP contribution in [0.4, 0.5) is 0 Å². The van der Waals surface area contributed by atoms with Crippen molar-refractivity contribution in [2.75, 3.05) is 0 Å². The van der Waals surface area contributed by atoms with Gasteiger partial charge in [0.1, 0.15) is 11.5 Å². The van der Waals surface area contributed by atoms with E-state index in [-0.39, 0.29) is 6.42 Å². The maximum atomic E-state index is 10.3. The van der Waals surface area contributed by atoms with E-state index in [1.807, 2.05) is 13.0 Å². The summed E-state index contributed by atoms with van der Waals surface area (Å²) in [6, 6.07) is 3.00. The van der Waals surface area contributed by atoms with Gasteiger partial charge in [0.05, 0.1) is 12.5 Å². The molecular weight excluding hydrogens is 170 g/mol. The smallest absolute Gasteiger partial charge is 0.305 e. The predicted octanol–water partition coefficient (Wildman–Crippen LogP) is 1.32. The van der Waals surface area contributed by atoms with Crippen molar-refractivity contribution in [1.82, 2.24) is 0 Å². The standard InChI is InChI=1S/C9H13NO3/c1-2-6-3-4-8(13-6)7(10)5-9(11)12/h3-4,7H,2,5,10H2,1H3,(H,11,12). The molecule has 4 heteroatoms. The van der Waals surface area contributed by atoms with Crippen LogP contribution in [0.1, 0.15) is 30.9 Å². The lowest BCUT2D eigenvalue weighted by Gasteiger charge is -2.03. The van der Waals surface area contributed by atoms with Gasteiger partial charge >= 0.3 is 5.97 Å². The molecule has 0 saturated heterocycles. The van der Waals surface area contributed by atoms with E-state index in [9.17, 15) is 4.79 Å². The number of hydrogen-bond acceptors (Lipinski definition) is 3. The van der Waals surface area contributed by atoms with Crippen LogP contribution >= 0.6 is 0 Å². The third kappa shape index (κ3) is 2.59. The van der Waals surface area contributed by atoms with E-state index in [1.54, 1.807) is 6.07 Å². The summed E-state index contributed by atoms with van der Waals surface area (Å²) in [7, 11) is 0. The van der Waals surface area contributed by atoms with Gasteiger partial charge in [-0.1, -0.05) is 6.92 Å². The number of rotatable bonds is 4. The van der Waals surface area contributed by atoms with Crippen LogP contribution in [0.25, 0.3) is 0 Å². The molecule has 0 saturated carbocycles. The Labute approximate surface area is 76.3 Å². The van der Waals surface area contributed by atoms with Crippen molar-refractivity contribution >= 4 is 5.97 Å². The van der Waals surface area contributed by atoms with Gasteiger partial charge in [-0.05, 0) is 12.1 Å². The van der Waals surface area contributed by atoms with Crippen molar-refractivity contribution in [3.8, 4) is 0 Å². The number of aryl methyl sites for hydroxylation is 1. The van der Waals surface area contributed by atoms with Crippen molar-refractivity contribution in [2.45, 2.75) is 25.8 Å². The lowest BCUT2D eigenvalue weighted by Crippen LogP contribution is -2.14. The first kappa shape index (κ1) is 9.80. The predicted molar refractivity (Wildman–Crippen MR) is 47.3 cm³/mol. The Kier molecular flexibility index (Phi) is 3.08. The molecule has 0 fully saturated rings. The highest BCUT2D eigenvalue weighted by Gasteiger charge is 2.13. The van der Waals surface area contributed by atoms with Crippen LogP contribution in [0.2, 0.25) is 0 Å². The summed E-state index contributed by atoms with van der Waals surface area (Å²) in [5.74, 6) is 0.456. The Morgan fingerprint density at radius 1 is 1.69 bits per heavy atom. The van der Waals surface area contributed by atoms with Gasteiger partial charge in [0.2, 0.25) is 0 Å². The van der Waals surface area contributed by atoms with Gasteiger partial charge in [0.25, 0.3) is 0 Å². The van der Waals surface area contributed by atoms with Crippen molar-refractivity contribution < 1.29 is 14.3 Å². The van der Waals surface area contributed by atoms with E-state index >= 15 is 0 Å². The third-order valence-electron chi connectivity index (χ3n) is 1.79. The quantitative estimate of drug-likeness (QED) is 0.738. The highest BCUT2D eigenvalue weighted by atomic mass is 16.4. The zero-order chi connectivity index (χ0) is 9.84. The number of carboxylic acid groups (broad SMARTS) is 1. The molecule has 1 rings (SSSR count). The fourth-order valence-electron chi connectivity index (χ4n) is 1.07. The summed E-state index contributed by atoms with van der Waals surface area (Å²) in [6.07, 6.45) is 0.691. The maximum Gasteiger partial charge on any atom is 0.305 e. The number of carbonyl (C=O) groups is 1. The Morgan fingerprint density at radius 3 is 2.85 bits per heavy atom. The first-order valence-corrected chi connectivity index (χ1v) is 4.19. The van der Waals surface area contributed by atoms with Gasteiger partial charge in [-0.25, -0.2) is 0 Å². The molecule has 4 nitrogen and oxygen atoms in total. The lowest BCUT2D eigenvalue weighted by molar-refractivity contribution is -0.137. The molecule has 3 N–H and O–H groups in total. The van der Waals surface area contributed by atoms with Crippen LogP contribution in [0, 0.1) is 0 Å². The summed E-state index contributed by atoms with van der Waals surface area (Å²) in [4.78, 5) is 10.3. The monoisotopic (exact) mass is 183 g/mol. The molecule has 0 aliphatic heterocycles. The summed E-state index contributed by atoms with van der Waals surface area (Å²) < 4.78 is 5.31. The van der Waals surface area contributed by atoms with E-state index in [2.05, 4.69) is 0 Å². The number of hydrogen-bond donors (Lipinski definition) is 2. The van der Waals surface area contributed by atoms with Crippen molar-refractivity contribution in [3.05, 3.63) is 23.7 Å². The average Bonchev–Trinajstić information content (AvgIpc) is 2.50. The fourth-order valence-corrected chi connectivity index (χ4v) is 1.07. The molecule has 13 heavy (non-hydrogen) atoms. The van der Waals surface area contributed by atoms with E-state index in [0.29, 0.717) is 5.76 Å². The molecule has 0 amide bonds. The second-order valence-corrected chi connectivity index (χ2v) is 2.86. The molecule has 1 aromatic heterocycles. The summed E-state index contributed by atoms with van der Waals surface area (Å²) in [6.45, 7) is 1.96. The molecule has 1 heterocycles. The number of carboxylic acids is 1. The largest absolute Gasteiger partial charge is 0.481 e. The molecule has 72 valence electrons. The zero-order valence-corrected chi connectivity index (χ0v) is 7.49. The van der Waals surface area contributed by atoms with Crippen LogP contribution < -0.4 is 5.73 Å². The van der Waals surface area contributed by atoms with Gasteiger partial charge in [0.15, 0.2) is 0 Å². The molecule has 0 radical (unpaired) electrons. The molecule has 0 aliphatic rings. The molecule has 1 aromatic rings. The van der Waals surface area contributed by atoms with Crippen LogP contribution in [0.3, 0.4) is 0 Å². The van der Waals surface area contributed by atoms with E-state index in [0.717, 1.165) is 12.2 Å². The third-order valence-corrected chi connectivity index (χ3v) is 1.79. The molecule has 0 aromatic carbocycles. The minimum atomic E-state index is -0.915. The first-order valence-electron chi connectivity index (χ1n) is 4.19. The number of furan rings is 1. The first-order chi connectivity index (χ1) is 6.13. The second-order valence-electron chi connectivity index (χ2n) is 2.86. The van der Waals surface area contributed by atoms with Gasteiger partial charge in [-0.2, -0.15) is 0 Å². The molecule has 0 spiro atoms. The summed E-state index contributed by atoms with van der Waals surface area (Å²) >= 11 is 0. The average molecular weight is 183 g/mol. The van der Waals surface area contributed by atoms with Crippen molar-refractivity contribution in [2.24, 2.45) is 5.73 Å². The van der Waals surface area contributed by atoms with Gasteiger partial charge in [-0.15, -0.1) is 0 Å². The van der Waals surface area contributed by atoms with Gasteiger partial charge in [0, 0.05) is 6.42 Å². The van der Waals surface area contributed by atoms with Crippen molar-refractivity contribution in [3.63, 3.8) is 0 Å².